The summed E-state index contributed by atoms with van der Waals surface area (Å²) in [6.07, 6.45) is 3.06. The minimum Gasteiger partial charge on any atom is -0.497 e. The van der Waals surface area contributed by atoms with Gasteiger partial charge in [0.15, 0.2) is 4.91 Å². The second-order valence-corrected chi connectivity index (χ2v) is 9.90. The average Bonchev–Trinajstić information content (AvgIpc) is 3.09. The van der Waals surface area contributed by atoms with Gasteiger partial charge in [-0.1, -0.05) is 23.8 Å². The SMILES string of the molecule is C=CCn1c(=C(C#N)S(=O)(=O)c2ccc(C)cc2)sc(=Cc2cc(OC)ccc2OC)c1=O. The van der Waals surface area contributed by atoms with E-state index in [1.165, 1.54) is 37.0 Å². The van der Waals surface area contributed by atoms with Gasteiger partial charge in [-0.25, -0.2) is 8.42 Å². The van der Waals surface area contributed by atoms with E-state index in [2.05, 4.69) is 6.58 Å². The summed E-state index contributed by atoms with van der Waals surface area (Å²) in [5.41, 5.74) is 1.02. The Balaban J connectivity index is 2.38. The van der Waals surface area contributed by atoms with Crippen molar-refractivity contribution in [3.05, 3.63) is 85.8 Å². The highest BCUT2D eigenvalue weighted by molar-refractivity contribution is 8.00. The van der Waals surface area contributed by atoms with Crippen LogP contribution < -0.4 is 24.2 Å². The largest absolute Gasteiger partial charge is 0.497 e. The Morgan fingerprint density at radius 1 is 1.18 bits per heavy atom. The van der Waals surface area contributed by atoms with Crippen molar-refractivity contribution in [1.29, 1.82) is 5.26 Å². The van der Waals surface area contributed by atoms with Crippen LogP contribution in [0.25, 0.3) is 11.0 Å². The Morgan fingerprint density at radius 2 is 1.88 bits per heavy atom. The summed E-state index contributed by atoms with van der Waals surface area (Å²) in [6, 6.07) is 13.1. The van der Waals surface area contributed by atoms with Gasteiger partial charge >= 0.3 is 0 Å². The summed E-state index contributed by atoms with van der Waals surface area (Å²) in [7, 11) is -1.12. The summed E-state index contributed by atoms with van der Waals surface area (Å²) >= 11 is 0.923. The molecule has 33 heavy (non-hydrogen) atoms. The number of benzene rings is 2. The Kier molecular flexibility index (Phi) is 7.21. The molecular formula is C24H22N2O5S2. The van der Waals surface area contributed by atoms with Crippen molar-refractivity contribution < 1.29 is 17.9 Å². The van der Waals surface area contributed by atoms with Gasteiger partial charge < -0.3 is 9.47 Å². The highest BCUT2D eigenvalue weighted by Gasteiger charge is 2.24. The van der Waals surface area contributed by atoms with Gasteiger partial charge in [0, 0.05) is 12.1 Å². The first-order chi connectivity index (χ1) is 15.8. The first-order valence-electron chi connectivity index (χ1n) is 9.77. The molecule has 0 N–H and O–H groups in total. The molecule has 1 aromatic heterocycles. The first-order valence-corrected chi connectivity index (χ1v) is 12.1. The molecular weight excluding hydrogens is 460 g/mol. The van der Waals surface area contributed by atoms with Gasteiger partial charge in [-0.3, -0.25) is 9.36 Å². The second kappa shape index (κ2) is 9.90. The van der Waals surface area contributed by atoms with E-state index >= 15 is 0 Å². The number of sulfone groups is 1. The van der Waals surface area contributed by atoms with Crippen LogP contribution in [0.3, 0.4) is 0 Å². The number of aromatic nitrogens is 1. The van der Waals surface area contributed by atoms with Gasteiger partial charge in [-0.15, -0.1) is 17.9 Å². The Bertz CT molecular complexity index is 1520. The van der Waals surface area contributed by atoms with Gasteiger partial charge in [-0.2, -0.15) is 5.26 Å². The molecule has 170 valence electrons. The molecule has 0 saturated carbocycles. The molecule has 0 fully saturated rings. The zero-order valence-electron chi connectivity index (χ0n) is 18.4. The number of thiazole rings is 1. The molecule has 3 rings (SSSR count). The highest BCUT2D eigenvalue weighted by Crippen LogP contribution is 2.24. The standard InChI is InChI=1S/C24H22N2O5S2/c1-5-12-26-23(27)21(14-17-13-18(30-3)8-11-20(17)31-4)32-24(26)22(15-25)33(28,29)19-9-6-16(2)7-10-19/h5-11,13-14H,1,12H2,2-4H3. The van der Waals surface area contributed by atoms with Gasteiger partial charge in [0.05, 0.1) is 23.6 Å². The van der Waals surface area contributed by atoms with Crippen LogP contribution in [-0.4, -0.2) is 27.2 Å². The maximum absolute atomic E-state index is 13.3. The molecule has 0 radical (unpaired) electrons. The smallest absolute Gasteiger partial charge is 0.269 e. The Hall–Kier alpha value is -3.61. The number of aryl methyl sites for hydroxylation is 1. The number of ether oxygens (including phenoxy) is 2. The molecule has 9 heteroatoms. The first kappa shape index (κ1) is 24.0. The predicted molar refractivity (Wildman–Crippen MR) is 129 cm³/mol. The molecule has 3 aromatic rings. The van der Waals surface area contributed by atoms with Crippen LogP contribution in [0.1, 0.15) is 11.1 Å². The quantitative estimate of drug-likeness (QED) is 0.480. The zero-order valence-corrected chi connectivity index (χ0v) is 20.0. The molecule has 0 amide bonds. The van der Waals surface area contributed by atoms with Crippen molar-refractivity contribution >= 4 is 32.2 Å². The number of methoxy groups -OCH3 is 2. The lowest BCUT2D eigenvalue weighted by Crippen LogP contribution is -2.32. The second-order valence-electron chi connectivity index (χ2n) is 6.99. The Morgan fingerprint density at radius 3 is 2.45 bits per heavy atom. The molecule has 0 atom stereocenters. The van der Waals surface area contributed by atoms with Crippen LogP contribution in [-0.2, 0) is 16.4 Å². The van der Waals surface area contributed by atoms with Crippen molar-refractivity contribution in [3.63, 3.8) is 0 Å². The van der Waals surface area contributed by atoms with E-state index in [9.17, 15) is 18.5 Å². The fourth-order valence-electron chi connectivity index (χ4n) is 3.13. The monoisotopic (exact) mass is 482 g/mol. The summed E-state index contributed by atoms with van der Waals surface area (Å²) in [5, 5.41) is 9.82. The van der Waals surface area contributed by atoms with Crippen LogP contribution in [0.15, 0.2) is 64.8 Å². The lowest BCUT2D eigenvalue weighted by atomic mass is 10.2. The van der Waals surface area contributed by atoms with Crippen molar-refractivity contribution in [3.8, 4) is 17.6 Å². The van der Waals surface area contributed by atoms with Gasteiger partial charge in [0.2, 0.25) is 9.84 Å². The molecule has 0 bridgehead atoms. The maximum Gasteiger partial charge on any atom is 0.269 e. The van der Waals surface area contributed by atoms with E-state index in [-0.39, 0.29) is 20.6 Å². The third kappa shape index (κ3) is 4.77. The number of nitriles is 1. The number of nitrogens with zero attached hydrogens (tertiary/aromatic N) is 2. The van der Waals surface area contributed by atoms with Crippen LogP contribution in [0.2, 0.25) is 0 Å². The highest BCUT2D eigenvalue weighted by atomic mass is 32.2. The molecule has 0 aliphatic carbocycles. The minimum absolute atomic E-state index is 0.0179. The van der Waals surface area contributed by atoms with Crippen molar-refractivity contribution in [2.45, 2.75) is 18.4 Å². The van der Waals surface area contributed by atoms with Crippen molar-refractivity contribution in [1.82, 2.24) is 4.57 Å². The van der Waals surface area contributed by atoms with E-state index in [4.69, 9.17) is 9.47 Å². The normalized spacial score (nSPS) is 12.7. The Labute approximate surface area is 195 Å². The molecule has 0 aliphatic rings. The predicted octanol–water partition coefficient (Wildman–Crippen LogP) is 2.36. The minimum atomic E-state index is -4.15. The number of allylic oxidation sites excluding steroid dienone is 1. The van der Waals surface area contributed by atoms with Crippen molar-refractivity contribution in [2.75, 3.05) is 14.2 Å². The summed E-state index contributed by atoms with van der Waals surface area (Å²) in [5.74, 6) is 1.08. The van der Waals surface area contributed by atoms with Gasteiger partial charge in [0.1, 0.15) is 22.2 Å². The third-order valence-electron chi connectivity index (χ3n) is 4.84. The summed E-state index contributed by atoms with van der Waals surface area (Å²) in [6.45, 7) is 5.53. The van der Waals surface area contributed by atoms with Gasteiger partial charge in [-0.05, 0) is 43.3 Å². The van der Waals surface area contributed by atoms with Crippen LogP contribution in [0.4, 0.5) is 0 Å². The molecule has 7 nitrogen and oxygen atoms in total. The van der Waals surface area contributed by atoms with Crippen LogP contribution in [0.5, 0.6) is 11.5 Å². The number of hydrogen-bond donors (Lipinski definition) is 0. The van der Waals surface area contributed by atoms with Crippen LogP contribution in [0, 0.1) is 18.3 Å². The molecule has 2 aromatic carbocycles. The topological polar surface area (TPSA) is 98.4 Å². The average molecular weight is 483 g/mol. The van der Waals surface area contributed by atoms with Crippen LogP contribution >= 0.6 is 11.3 Å². The van der Waals surface area contributed by atoms with E-state index < -0.39 is 20.3 Å². The lowest BCUT2D eigenvalue weighted by Gasteiger charge is -2.06. The van der Waals surface area contributed by atoms with Gasteiger partial charge in [0.25, 0.3) is 5.56 Å². The van der Waals surface area contributed by atoms with Crippen molar-refractivity contribution in [2.24, 2.45) is 0 Å². The maximum atomic E-state index is 13.3. The molecule has 0 unspecified atom stereocenters. The third-order valence-corrected chi connectivity index (χ3v) is 7.81. The number of hydrogen-bond acceptors (Lipinski definition) is 7. The fraction of sp³-hybridized carbons (Fsp3) is 0.167. The zero-order chi connectivity index (χ0) is 24.2. The molecule has 1 heterocycles. The number of rotatable bonds is 7. The summed E-state index contributed by atoms with van der Waals surface area (Å²) in [4.78, 5) is 12.7. The summed E-state index contributed by atoms with van der Waals surface area (Å²) < 4.78 is 38.6. The van der Waals surface area contributed by atoms with E-state index in [1.54, 1.807) is 42.5 Å². The van der Waals surface area contributed by atoms with E-state index in [0.29, 0.717) is 17.1 Å². The fourth-order valence-corrected chi connectivity index (χ4v) is 5.78. The molecule has 0 spiro atoms. The molecule has 0 aliphatic heterocycles. The lowest BCUT2D eigenvalue weighted by molar-refractivity contribution is 0.402. The van der Waals surface area contributed by atoms with E-state index in [1.807, 2.05) is 6.92 Å². The molecule has 0 saturated heterocycles. The van der Waals surface area contributed by atoms with E-state index in [0.717, 1.165) is 16.9 Å².